The van der Waals surface area contributed by atoms with E-state index in [0.717, 1.165) is 11.8 Å². The minimum absolute atomic E-state index is 0.694. The van der Waals surface area contributed by atoms with Gasteiger partial charge in [0.15, 0.2) is 0 Å². The van der Waals surface area contributed by atoms with Gasteiger partial charge in [-0.05, 0) is 48.8 Å². The molecule has 0 saturated heterocycles. The van der Waals surface area contributed by atoms with Crippen LogP contribution in [0.15, 0.2) is 24.3 Å². The molecule has 19 heavy (non-hydrogen) atoms. The summed E-state index contributed by atoms with van der Waals surface area (Å²) in [5.74, 6) is 1.97. The van der Waals surface area contributed by atoms with Crippen molar-refractivity contribution in [3.63, 3.8) is 0 Å². The van der Waals surface area contributed by atoms with Crippen LogP contribution in [-0.2, 0) is 12.8 Å². The van der Waals surface area contributed by atoms with E-state index in [-0.39, 0.29) is 0 Å². The minimum Gasteiger partial charge on any atom is -0.313 e. The Hall–Kier alpha value is -0.820. The summed E-state index contributed by atoms with van der Waals surface area (Å²) in [6.45, 7) is 3.63. The van der Waals surface area contributed by atoms with E-state index in [2.05, 4.69) is 36.5 Å². The number of nitrogens with one attached hydrogen (secondary N) is 1. The molecule has 0 aromatic heterocycles. The zero-order valence-corrected chi connectivity index (χ0v) is 12.2. The number of hydrogen-bond donors (Lipinski definition) is 1. The maximum atomic E-state index is 3.79. The molecule has 3 rings (SSSR count). The second-order valence-electron chi connectivity index (χ2n) is 6.74. The zero-order valence-electron chi connectivity index (χ0n) is 12.2. The highest BCUT2D eigenvalue weighted by molar-refractivity contribution is 5.33. The van der Waals surface area contributed by atoms with Gasteiger partial charge < -0.3 is 5.32 Å². The SMILES string of the molecule is CC1CCC(CCNC2Cc3ccccc3C2)CC1. The van der Waals surface area contributed by atoms with E-state index in [1.165, 1.54) is 51.5 Å². The molecule has 1 N–H and O–H groups in total. The lowest BCUT2D eigenvalue weighted by Gasteiger charge is -2.26. The predicted molar refractivity (Wildman–Crippen MR) is 81.4 cm³/mol. The van der Waals surface area contributed by atoms with E-state index < -0.39 is 0 Å². The van der Waals surface area contributed by atoms with Gasteiger partial charge in [0.1, 0.15) is 0 Å². The Morgan fingerprint density at radius 1 is 1.00 bits per heavy atom. The first kappa shape index (κ1) is 13.2. The summed E-state index contributed by atoms with van der Waals surface area (Å²) >= 11 is 0. The fourth-order valence-corrected chi connectivity index (χ4v) is 3.81. The molecule has 0 spiro atoms. The summed E-state index contributed by atoms with van der Waals surface area (Å²) in [4.78, 5) is 0. The first-order valence-corrected chi connectivity index (χ1v) is 8.11. The molecule has 1 heteroatoms. The van der Waals surface area contributed by atoms with E-state index in [1.807, 2.05) is 0 Å². The van der Waals surface area contributed by atoms with Gasteiger partial charge in [0.05, 0.1) is 0 Å². The Bertz CT molecular complexity index is 379. The predicted octanol–water partition coefficient (Wildman–Crippen LogP) is 3.96. The summed E-state index contributed by atoms with van der Waals surface area (Å²) in [5.41, 5.74) is 3.12. The third-order valence-electron chi connectivity index (χ3n) is 5.17. The van der Waals surface area contributed by atoms with Crippen LogP contribution in [0.1, 0.15) is 50.2 Å². The zero-order chi connectivity index (χ0) is 13.1. The molecule has 1 nitrogen and oxygen atoms in total. The first-order chi connectivity index (χ1) is 9.31. The molecule has 0 aliphatic heterocycles. The molecule has 0 bridgehead atoms. The molecule has 1 fully saturated rings. The van der Waals surface area contributed by atoms with Crippen molar-refractivity contribution >= 4 is 0 Å². The van der Waals surface area contributed by atoms with Crippen molar-refractivity contribution in [2.24, 2.45) is 11.8 Å². The largest absolute Gasteiger partial charge is 0.313 e. The number of rotatable bonds is 4. The van der Waals surface area contributed by atoms with Crippen LogP contribution in [0.4, 0.5) is 0 Å². The minimum atomic E-state index is 0.694. The summed E-state index contributed by atoms with van der Waals surface area (Å²) in [6, 6.07) is 9.62. The van der Waals surface area contributed by atoms with Crippen LogP contribution in [0.2, 0.25) is 0 Å². The lowest BCUT2D eigenvalue weighted by Crippen LogP contribution is -2.31. The molecule has 0 amide bonds. The molecule has 2 aliphatic rings. The monoisotopic (exact) mass is 257 g/mol. The van der Waals surface area contributed by atoms with Crippen LogP contribution in [0.5, 0.6) is 0 Å². The molecule has 1 aromatic rings. The molecule has 2 aliphatic carbocycles. The van der Waals surface area contributed by atoms with Gasteiger partial charge in [0, 0.05) is 6.04 Å². The fourth-order valence-electron chi connectivity index (χ4n) is 3.81. The summed E-state index contributed by atoms with van der Waals surface area (Å²) in [5, 5.41) is 3.79. The third-order valence-corrected chi connectivity index (χ3v) is 5.17. The van der Waals surface area contributed by atoms with Crippen LogP contribution in [0, 0.1) is 11.8 Å². The van der Waals surface area contributed by atoms with Crippen molar-refractivity contribution in [3.05, 3.63) is 35.4 Å². The second-order valence-corrected chi connectivity index (χ2v) is 6.74. The normalized spacial score (nSPS) is 27.4. The molecule has 0 heterocycles. The highest BCUT2D eigenvalue weighted by Crippen LogP contribution is 2.30. The molecule has 0 radical (unpaired) electrons. The van der Waals surface area contributed by atoms with E-state index >= 15 is 0 Å². The highest BCUT2D eigenvalue weighted by Gasteiger charge is 2.21. The molecule has 1 aromatic carbocycles. The van der Waals surface area contributed by atoms with Gasteiger partial charge in [-0.3, -0.25) is 0 Å². The van der Waals surface area contributed by atoms with Crippen molar-refractivity contribution in [2.45, 2.75) is 57.9 Å². The highest BCUT2D eigenvalue weighted by atomic mass is 14.9. The van der Waals surface area contributed by atoms with Gasteiger partial charge in [0.2, 0.25) is 0 Å². The summed E-state index contributed by atoms with van der Waals surface area (Å²) in [6.07, 6.45) is 9.70. The van der Waals surface area contributed by atoms with Gasteiger partial charge in [0.25, 0.3) is 0 Å². The van der Waals surface area contributed by atoms with Crippen molar-refractivity contribution < 1.29 is 0 Å². The Balaban J connectivity index is 1.38. The maximum absolute atomic E-state index is 3.79. The van der Waals surface area contributed by atoms with Crippen molar-refractivity contribution in [2.75, 3.05) is 6.54 Å². The first-order valence-electron chi connectivity index (χ1n) is 8.11. The van der Waals surface area contributed by atoms with Gasteiger partial charge in [-0.1, -0.05) is 56.9 Å². The van der Waals surface area contributed by atoms with Crippen LogP contribution >= 0.6 is 0 Å². The fraction of sp³-hybridized carbons (Fsp3) is 0.667. The number of benzene rings is 1. The lowest BCUT2D eigenvalue weighted by molar-refractivity contribution is 0.272. The van der Waals surface area contributed by atoms with Crippen molar-refractivity contribution in [1.82, 2.24) is 5.32 Å². The molecule has 1 saturated carbocycles. The average Bonchev–Trinajstić information content (AvgIpc) is 2.83. The van der Waals surface area contributed by atoms with Crippen LogP contribution in [0.3, 0.4) is 0 Å². The van der Waals surface area contributed by atoms with Gasteiger partial charge in [-0.2, -0.15) is 0 Å². The Labute approximate surface area is 117 Å². The molecule has 104 valence electrons. The Kier molecular flexibility index (Phi) is 4.22. The Morgan fingerprint density at radius 2 is 1.63 bits per heavy atom. The van der Waals surface area contributed by atoms with Crippen LogP contribution in [0.25, 0.3) is 0 Å². The standard InChI is InChI=1S/C18H27N/c1-14-6-8-15(9-7-14)10-11-19-18-12-16-4-2-3-5-17(16)13-18/h2-5,14-15,18-19H,6-13H2,1H3. The van der Waals surface area contributed by atoms with E-state index in [9.17, 15) is 0 Å². The smallest absolute Gasteiger partial charge is 0.0148 e. The topological polar surface area (TPSA) is 12.0 Å². The quantitative estimate of drug-likeness (QED) is 0.861. The molecular formula is C18H27N. The van der Waals surface area contributed by atoms with Gasteiger partial charge in [-0.25, -0.2) is 0 Å². The lowest BCUT2D eigenvalue weighted by atomic mass is 9.81. The van der Waals surface area contributed by atoms with Gasteiger partial charge >= 0.3 is 0 Å². The summed E-state index contributed by atoms with van der Waals surface area (Å²) < 4.78 is 0. The maximum Gasteiger partial charge on any atom is 0.0148 e. The van der Waals surface area contributed by atoms with Crippen LogP contribution < -0.4 is 5.32 Å². The van der Waals surface area contributed by atoms with E-state index in [0.29, 0.717) is 6.04 Å². The summed E-state index contributed by atoms with van der Waals surface area (Å²) in [7, 11) is 0. The third kappa shape index (κ3) is 3.39. The Morgan fingerprint density at radius 3 is 2.26 bits per heavy atom. The van der Waals surface area contributed by atoms with E-state index in [4.69, 9.17) is 0 Å². The second kappa shape index (κ2) is 6.09. The molecule has 0 unspecified atom stereocenters. The van der Waals surface area contributed by atoms with Crippen molar-refractivity contribution in [3.8, 4) is 0 Å². The van der Waals surface area contributed by atoms with Gasteiger partial charge in [-0.15, -0.1) is 0 Å². The molecular weight excluding hydrogens is 230 g/mol. The van der Waals surface area contributed by atoms with E-state index in [1.54, 1.807) is 11.1 Å². The average molecular weight is 257 g/mol. The number of hydrogen-bond acceptors (Lipinski definition) is 1. The molecule has 0 atom stereocenters. The number of fused-ring (bicyclic) bond motifs is 1. The van der Waals surface area contributed by atoms with Crippen molar-refractivity contribution in [1.29, 1.82) is 0 Å². The van der Waals surface area contributed by atoms with Crippen LogP contribution in [-0.4, -0.2) is 12.6 Å².